The minimum atomic E-state index is -2.55. The maximum atomic E-state index is 13.9. The molecule has 182 valence electrons. The average molecular weight is 470 g/mol. The van der Waals surface area contributed by atoms with Gasteiger partial charge in [-0.2, -0.15) is 0 Å². The van der Waals surface area contributed by atoms with E-state index in [1.165, 1.54) is 4.90 Å². The number of aliphatic hydroxyl groups is 3. The Morgan fingerprint density at radius 1 is 1.18 bits per heavy atom. The Hall–Kier alpha value is -3.17. The Labute approximate surface area is 198 Å². The number of primary amides is 1. The molecule has 9 nitrogen and oxygen atoms in total. The maximum Gasteiger partial charge on any atom is 0.255 e. The predicted molar refractivity (Wildman–Crippen MR) is 126 cm³/mol. The lowest BCUT2D eigenvalue weighted by Crippen LogP contribution is -2.65. The number of hydrogen-bond donors (Lipinski definition) is 4. The molecular formula is C25H31N3O6. The van der Waals surface area contributed by atoms with E-state index in [0.29, 0.717) is 25.1 Å². The van der Waals surface area contributed by atoms with E-state index in [2.05, 4.69) is 4.90 Å². The van der Waals surface area contributed by atoms with Crippen molar-refractivity contribution in [3.05, 3.63) is 46.2 Å². The molecule has 0 radical (unpaired) electrons. The van der Waals surface area contributed by atoms with Crippen molar-refractivity contribution in [1.29, 1.82) is 0 Å². The van der Waals surface area contributed by atoms with Gasteiger partial charge in [-0.3, -0.25) is 19.3 Å². The van der Waals surface area contributed by atoms with Gasteiger partial charge >= 0.3 is 0 Å². The van der Waals surface area contributed by atoms with E-state index >= 15 is 0 Å². The highest BCUT2D eigenvalue weighted by atomic mass is 16.3. The van der Waals surface area contributed by atoms with Crippen LogP contribution in [-0.4, -0.2) is 76.5 Å². The fourth-order valence-electron chi connectivity index (χ4n) is 6.01. The summed E-state index contributed by atoms with van der Waals surface area (Å²) in [6.07, 6.45) is 0.588. The predicted octanol–water partition coefficient (Wildman–Crippen LogP) is 1.10. The molecule has 1 amide bonds. The first kappa shape index (κ1) is 24.0. The molecule has 0 aliphatic heterocycles. The van der Waals surface area contributed by atoms with Crippen LogP contribution in [0.15, 0.2) is 35.1 Å². The van der Waals surface area contributed by atoms with Crippen molar-refractivity contribution < 1.29 is 29.7 Å². The summed E-state index contributed by atoms with van der Waals surface area (Å²) in [6, 6.07) is 4.64. The monoisotopic (exact) mass is 469 g/mol. The van der Waals surface area contributed by atoms with Gasteiger partial charge in [0.25, 0.3) is 5.91 Å². The van der Waals surface area contributed by atoms with Crippen LogP contribution in [-0.2, 0) is 20.8 Å². The number of nitrogens with two attached hydrogens (primary N) is 1. The van der Waals surface area contributed by atoms with Crippen LogP contribution < -0.4 is 10.6 Å². The molecule has 1 aromatic rings. The molecule has 1 aromatic carbocycles. The second kappa shape index (κ2) is 8.25. The van der Waals surface area contributed by atoms with Gasteiger partial charge in [0, 0.05) is 35.8 Å². The minimum Gasteiger partial charge on any atom is -0.508 e. The van der Waals surface area contributed by atoms with Crippen molar-refractivity contribution in [2.45, 2.75) is 38.3 Å². The fraction of sp³-hybridized carbons (Fsp3) is 0.480. The Balaban J connectivity index is 1.96. The van der Waals surface area contributed by atoms with Crippen molar-refractivity contribution in [3.63, 3.8) is 0 Å². The van der Waals surface area contributed by atoms with Gasteiger partial charge in [-0.25, -0.2) is 0 Å². The Morgan fingerprint density at radius 3 is 2.38 bits per heavy atom. The number of hydrogen-bond acceptors (Lipinski definition) is 8. The van der Waals surface area contributed by atoms with Gasteiger partial charge in [0.05, 0.1) is 6.04 Å². The summed E-state index contributed by atoms with van der Waals surface area (Å²) >= 11 is 0. The van der Waals surface area contributed by atoms with E-state index < -0.39 is 52.3 Å². The third-order valence-electron chi connectivity index (χ3n) is 7.56. The first-order valence-corrected chi connectivity index (χ1v) is 11.5. The van der Waals surface area contributed by atoms with Crippen LogP contribution in [0.1, 0.15) is 31.4 Å². The second-order valence-electron chi connectivity index (χ2n) is 9.45. The van der Waals surface area contributed by atoms with Gasteiger partial charge in [0.1, 0.15) is 17.1 Å². The van der Waals surface area contributed by atoms with Gasteiger partial charge in [-0.15, -0.1) is 0 Å². The summed E-state index contributed by atoms with van der Waals surface area (Å²) in [5, 5.41) is 33.9. The number of aliphatic hydroxyl groups excluding tert-OH is 2. The summed E-state index contributed by atoms with van der Waals surface area (Å²) in [7, 11) is 3.20. The highest BCUT2D eigenvalue weighted by molar-refractivity contribution is 6.24. The van der Waals surface area contributed by atoms with Crippen molar-refractivity contribution in [2.24, 2.45) is 17.6 Å². The number of fused-ring (bicyclic) bond motifs is 3. The molecule has 0 bridgehead atoms. The van der Waals surface area contributed by atoms with Crippen LogP contribution in [0, 0.1) is 11.8 Å². The SMILES string of the molecule is CCN(CC)c1cccc2c1C(O)=C1C(=O)[C@]3(O)C(O)=C(C(N)=O)C(=O)[C@@H](N(C)C)C3CC1C2. The smallest absolute Gasteiger partial charge is 0.255 e. The molecule has 0 spiro atoms. The van der Waals surface area contributed by atoms with Gasteiger partial charge < -0.3 is 26.0 Å². The number of rotatable bonds is 5. The van der Waals surface area contributed by atoms with E-state index in [9.17, 15) is 29.7 Å². The first-order valence-electron chi connectivity index (χ1n) is 11.5. The molecule has 3 aliphatic carbocycles. The first-order chi connectivity index (χ1) is 16.0. The van der Waals surface area contributed by atoms with E-state index in [-0.39, 0.29) is 17.8 Å². The number of Topliss-reactive ketones (excluding diaryl/α,β-unsaturated/α-hetero) is 2. The van der Waals surface area contributed by atoms with Crippen molar-refractivity contribution in [2.75, 3.05) is 32.1 Å². The Kier molecular flexibility index (Phi) is 5.81. The van der Waals surface area contributed by atoms with Gasteiger partial charge in [0.15, 0.2) is 11.4 Å². The minimum absolute atomic E-state index is 0.00748. The number of amides is 1. The van der Waals surface area contributed by atoms with Crippen LogP contribution in [0.3, 0.4) is 0 Å². The number of ketones is 2. The molecular weight excluding hydrogens is 438 g/mol. The summed E-state index contributed by atoms with van der Waals surface area (Å²) < 4.78 is 0. The fourth-order valence-corrected chi connectivity index (χ4v) is 6.01. The van der Waals surface area contributed by atoms with E-state index in [0.717, 1.165) is 11.3 Å². The summed E-state index contributed by atoms with van der Waals surface area (Å²) in [6.45, 7) is 5.37. The van der Waals surface area contributed by atoms with E-state index in [4.69, 9.17) is 5.73 Å². The Bertz CT molecular complexity index is 1150. The maximum absolute atomic E-state index is 13.9. The molecule has 9 heteroatoms. The van der Waals surface area contributed by atoms with Gasteiger partial charge in [-0.05, 0) is 58.3 Å². The highest BCUT2D eigenvalue weighted by Gasteiger charge is 2.64. The molecule has 0 heterocycles. The van der Waals surface area contributed by atoms with Gasteiger partial charge in [0.2, 0.25) is 5.78 Å². The molecule has 2 unspecified atom stereocenters. The van der Waals surface area contributed by atoms with Crippen molar-refractivity contribution >= 4 is 28.9 Å². The summed E-state index contributed by atoms with van der Waals surface area (Å²) in [5.74, 6) is -5.59. The molecule has 5 N–H and O–H groups in total. The lowest BCUT2D eigenvalue weighted by molar-refractivity contribution is -0.153. The third kappa shape index (κ3) is 3.10. The van der Waals surface area contributed by atoms with Gasteiger partial charge in [-0.1, -0.05) is 12.1 Å². The Morgan fingerprint density at radius 2 is 1.82 bits per heavy atom. The zero-order valence-corrected chi connectivity index (χ0v) is 19.8. The van der Waals surface area contributed by atoms with E-state index in [1.807, 2.05) is 32.0 Å². The zero-order chi connectivity index (χ0) is 25.1. The summed E-state index contributed by atoms with van der Waals surface area (Å²) in [4.78, 5) is 42.6. The molecule has 1 fully saturated rings. The lowest BCUT2D eigenvalue weighted by Gasteiger charge is -2.50. The quantitative estimate of drug-likeness (QED) is 0.469. The second-order valence-corrected chi connectivity index (χ2v) is 9.45. The van der Waals surface area contributed by atoms with Crippen LogP contribution in [0.5, 0.6) is 0 Å². The molecule has 0 saturated heterocycles. The molecule has 4 atom stereocenters. The molecule has 0 aromatic heterocycles. The lowest BCUT2D eigenvalue weighted by atomic mass is 9.57. The largest absolute Gasteiger partial charge is 0.508 e. The zero-order valence-electron chi connectivity index (χ0n) is 19.8. The average Bonchev–Trinajstić information content (AvgIpc) is 2.76. The van der Waals surface area contributed by atoms with Crippen LogP contribution in [0.25, 0.3) is 5.76 Å². The van der Waals surface area contributed by atoms with E-state index in [1.54, 1.807) is 14.1 Å². The van der Waals surface area contributed by atoms with Crippen molar-refractivity contribution in [1.82, 2.24) is 4.90 Å². The molecule has 3 aliphatic rings. The topological polar surface area (TPSA) is 144 Å². The summed E-state index contributed by atoms with van der Waals surface area (Å²) in [5.41, 5.74) is 4.22. The number of likely N-dealkylation sites (N-methyl/N-ethyl adjacent to an activating group) is 1. The van der Waals surface area contributed by atoms with Crippen LogP contribution >= 0.6 is 0 Å². The third-order valence-corrected chi connectivity index (χ3v) is 7.56. The van der Waals surface area contributed by atoms with Crippen LogP contribution in [0.2, 0.25) is 0 Å². The van der Waals surface area contributed by atoms with Crippen molar-refractivity contribution in [3.8, 4) is 0 Å². The number of benzene rings is 1. The number of nitrogens with zero attached hydrogens (tertiary/aromatic N) is 2. The van der Waals surface area contributed by atoms with Crippen LogP contribution in [0.4, 0.5) is 5.69 Å². The molecule has 1 saturated carbocycles. The molecule has 4 rings (SSSR count). The number of carbonyl (C=O) groups is 3. The number of anilines is 1. The number of carbonyl (C=O) groups excluding carboxylic acids is 3. The normalized spacial score (nSPS) is 28.6. The standard InChI is InChI=1S/C25H31N3O6/c1-5-28(6-2)15-9-7-8-12-10-13-11-14-19(27(3)4)21(30)18(24(26)33)23(32)25(14,34)22(31)17(13)20(29)16(12)15/h7-9,13-14,19,29,32,34H,5-6,10-11H2,1-4H3,(H2,26,33)/t13?,14?,19-,25-/m0/s1. The highest BCUT2D eigenvalue weighted by Crippen LogP contribution is 2.52. The molecule has 34 heavy (non-hydrogen) atoms.